The van der Waals surface area contributed by atoms with E-state index in [2.05, 4.69) is 15.3 Å². The first-order valence-electron chi connectivity index (χ1n) is 7.34. The summed E-state index contributed by atoms with van der Waals surface area (Å²) in [6, 6.07) is 9.51. The van der Waals surface area contributed by atoms with Crippen molar-refractivity contribution in [2.75, 3.05) is 12.4 Å². The lowest BCUT2D eigenvalue weighted by atomic mass is 10.3. The molecule has 6 nitrogen and oxygen atoms in total. The van der Waals surface area contributed by atoms with E-state index in [1.165, 1.54) is 11.3 Å². The third kappa shape index (κ3) is 2.59. The molecule has 0 aliphatic carbocycles. The number of hydrogen-bond donors (Lipinski definition) is 1. The predicted octanol–water partition coefficient (Wildman–Crippen LogP) is 3.51. The van der Waals surface area contributed by atoms with Crippen LogP contribution < -0.4 is 10.1 Å². The Morgan fingerprint density at radius 1 is 1.25 bits per heavy atom. The number of methoxy groups -OCH3 is 1. The van der Waals surface area contributed by atoms with Crippen LogP contribution in [0, 0.1) is 6.92 Å². The zero-order valence-corrected chi connectivity index (χ0v) is 13.9. The number of anilines is 1. The summed E-state index contributed by atoms with van der Waals surface area (Å²) in [5.74, 6) is 0.488. The first-order valence-corrected chi connectivity index (χ1v) is 8.15. The first kappa shape index (κ1) is 14.6. The van der Waals surface area contributed by atoms with Crippen LogP contribution in [0.25, 0.3) is 15.9 Å². The standard InChI is InChI=1S/C17H14N4O2S/c1-10-5-6-21-9-13(18-15(21)7-10)16(22)20-17-19-12-4-3-11(23-2)8-14(12)24-17/h3-9H,1-2H3,(H,19,20,22). The molecule has 4 rings (SSSR count). The first-order chi connectivity index (χ1) is 11.6. The Morgan fingerprint density at radius 3 is 2.96 bits per heavy atom. The maximum Gasteiger partial charge on any atom is 0.277 e. The lowest BCUT2D eigenvalue weighted by molar-refractivity contribution is 0.102. The maximum absolute atomic E-state index is 12.4. The van der Waals surface area contributed by atoms with Gasteiger partial charge in [0.1, 0.15) is 17.1 Å². The SMILES string of the molecule is COc1ccc2nc(NC(=O)c3cn4ccc(C)cc4n3)sc2c1. The Kier molecular flexibility index (Phi) is 3.42. The number of amides is 1. The number of benzene rings is 1. The number of nitrogens with one attached hydrogen (secondary N) is 1. The van der Waals surface area contributed by atoms with Gasteiger partial charge in [-0.2, -0.15) is 0 Å². The molecule has 4 aromatic rings. The summed E-state index contributed by atoms with van der Waals surface area (Å²) in [5.41, 5.74) is 3.02. The highest BCUT2D eigenvalue weighted by Crippen LogP contribution is 2.29. The van der Waals surface area contributed by atoms with Crippen molar-refractivity contribution in [3.05, 3.63) is 54.0 Å². The van der Waals surface area contributed by atoms with E-state index in [0.717, 1.165) is 27.2 Å². The zero-order valence-electron chi connectivity index (χ0n) is 13.1. The lowest BCUT2D eigenvalue weighted by Gasteiger charge is -1.96. The molecule has 0 saturated heterocycles. The van der Waals surface area contributed by atoms with Crippen LogP contribution in [0.15, 0.2) is 42.7 Å². The van der Waals surface area contributed by atoms with Crippen molar-refractivity contribution in [3.8, 4) is 5.75 Å². The van der Waals surface area contributed by atoms with E-state index in [0.29, 0.717) is 10.8 Å². The molecule has 0 unspecified atom stereocenters. The van der Waals surface area contributed by atoms with Crippen LogP contribution in [0.1, 0.15) is 16.1 Å². The Morgan fingerprint density at radius 2 is 2.12 bits per heavy atom. The van der Waals surface area contributed by atoms with Gasteiger partial charge in [0.25, 0.3) is 5.91 Å². The molecule has 1 aromatic carbocycles. The second-order valence-electron chi connectivity index (χ2n) is 5.40. The van der Waals surface area contributed by atoms with Crippen LogP contribution >= 0.6 is 11.3 Å². The molecule has 0 bridgehead atoms. The van der Waals surface area contributed by atoms with E-state index >= 15 is 0 Å². The third-order valence-corrected chi connectivity index (χ3v) is 4.60. The number of rotatable bonds is 3. The molecular formula is C17H14N4O2S. The number of nitrogens with zero attached hydrogens (tertiary/aromatic N) is 3. The number of aromatic nitrogens is 3. The molecule has 120 valence electrons. The summed E-state index contributed by atoms with van der Waals surface area (Å²) in [6.45, 7) is 1.99. The highest BCUT2D eigenvalue weighted by atomic mass is 32.1. The fraction of sp³-hybridized carbons (Fsp3) is 0.118. The number of carbonyl (C=O) groups is 1. The summed E-state index contributed by atoms with van der Waals surface area (Å²) in [6.07, 6.45) is 3.60. The van der Waals surface area contributed by atoms with Crippen LogP contribution in [0.5, 0.6) is 5.75 Å². The molecule has 1 N–H and O–H groups in total. The number of carbonyl (C=O) groups excluding carboxylic acids is 1. The molecule has 3 heterocycles. The molecular weight excluding hydrogens is 324 g/mol. The van der Waals surface area contributed by atoms with Gasteiger partial charge in [-0.25, -0.2) is 9.97 Å². The molecule has 0 spiro atoms. The molecule has 24 heavy (non-hydrogen) atoms. The molecule has 0 radical (unpaired) electrons. The van der Waals surface area contributed by atoms with Gasteiger partial charge in [0.2, 0.25) is 0 Å². The van der Waals surface area contributed by atoms with Crippen LogP contribution in [-0.2, 0) is 0 Å². The highest BCUT2D eigenvalue weighted by molar-refractivity contribution is 7.22. The second-order valence-corrected chi connectivity index (χ2v) is 6.43. The minimum atomic E-state index is -0.276. The molecule has 3 aromatic heterocycles. The minimum absolute atomic E-state index is 0.276. The number of pyridine rings is 1. The van der Waals surface area contributed by atoms with E-state index in [9.17, 15) is 4.79 Å². The highest BCUT2D eigenvalue weighted by Gasteiger charge is 2.14. The maximum atomic E-state index is 12.4. The van der Waals surface area contributed by atoms with Crippen molar-refractivity contribution in [1.29, 1.82) is 0 Å². The van der Waals surface area contributed by atoms with Gasteiger partial charge in [-0.1, -0.05) is 11.3 Å². The molecule has 0 atom stereocenters. The number of hydrogen-bond acceptors (Lipinski definition) is 5. The summed E-state index contributed by atoms with van der Waals surface area (Å²) >= 11 is 1.40. The molecule has 0 fully saturated rings. The van der Waals surface area contributed by atoms with Crippen LogP contribution in [0.4, 0.5) is 5.13 Å². The van der Waals surface area contributed by atoms with Crippen molar-refractivity contribution in [3.63, 3.8) is 0 Å². The number of fused-ring (bicyclic) bond motifs is 2. The Hall–Kier alpha value is -2.93. The van der Waals surface area contributed by atoms with Gasteiger partial charge in [-0.3, -0.25) is 10.1 Å². The average Bonchev–Trinajstić information content (AvgIpc) is 3.16. The number of ether oxygens (including phenoxy) is 1. The molecule has 7 heteroatoms. The molecule has 1 amide bonds. The van der Waals surface area contributed by atoms with Crippen molar-refractivity contribution in [2.45, 2.75) is 6.92 Å². The number of imidazole rings is 1. The zero-order chi connectivity index (χ0) is 16.7. The third-order valence-electron chi connectivity index (χ3n) is 3.66. The second kappa shape index (κ2) is 5.61. The fourth-order valence-electron chi connectivity index (χ4n) is 2.44. The Labute approximate surface area is 141 Å². The average molecular weight is 338 g/mol. The molecule has 0 aliphatic rings. The monoisotopic (exact) mass is 338 g/mol. The van der Waals surface area contributed by atoms with Crippen molar-refractivity contribution >= 4 is 38.2 Å². The van der Waals surface area contributed by atoms with Crippen LogP contribution in [0.2, 0.25) is 0 Å². The van der Waals surface area contributed by atoms with Gasteiger partial charge in [0.15, 0.2) is 5.13 Å². The summed E-state index contributed by atoms with van der Waals surface area (Å²) in [4.78, 5) is 21.2. The largest absolute Gasteiger partial charge is 0.497 e. The van der Waals surface area contributed by atoms with Crippen molar-refractivity contribution in [1.82, 2.24) is 14.4 Å². The minimum Gasteiger partial charge on any atom is -0.497 e. The summed E-state index contributed by atoms with van der Waals surface area (Å²) in [5, 5.41) is 3.35. The normalized spacial score (nSPS) is 11.1. The van der Waals surface area contributed by atoms with Gasteiger partial charge in [-0.15, -0.1) is 0 Å². The van der Waals surface area contributed by atoms with E-state index in [4.69, 9.17) is 4.74 Å². The number of aryl methyl sites for hydroxylation is 1. The Balaban J connectivity index is 1.62. The number of thiazole rings is 1. The molecule has 0 aliphatic heterocycles. The van der Waals surface area contributed by atoms with Crippen molar-refractivity contribution in [2.24, 2.45) is 0 Å². The Bertz CT molecular complexity index is 1070. The van der Waals surface area contributed by atoms with Crippen LogP contribution in [0.3, 0.4) is 0 Å². The van der Waals surface area contributed by atoms with E-state index in [1.807, 2.05) is 47.9 Å². The summed E-state index contributed by atoms with van der Waals surface area (Å²) in [7, 11) is 1.62. The van der Waals surface area contributed by atoms with Crippen LogP contribution in [-0.4, -0.2) is 27.4 Å². The molecule has 0 saturated carbocycles. The fourth-order valence-corrected chi connectivity index (χ4v) is 3.33. The van der Waals surface area contributed by atoms with Crippen molar-refractivity contribution < 1.29 is 9.53 Å². The van der Waals surface area contributed by atoms with E-state index < -0.39 is 0 Å². The van der Waals surface area contributed by atoms with E-state index in [1.54, 1.807) is 13.3 Å². The quantitative estimate of drug-likeness (QED) is 0.621. The van der Waals surface area contributed by atoms with Gasteiger partial charge in [-0.05, 0) is 42.8 Å². The smallest absolute Gasteiger partial charge is 0.277 e. The van der Waals surface area contributed by atoms with E-state index in [-0.39, 0.29) is 5.91 Å². The summed E-state index contributed by atoms with van der Waals surface area (Å²) < 4.78 is 7.98. The van der Waals surface area contributed by atoms with Gasteiger partial charge < -0.3 is 9.14 Å². The lowest BCUT2D eigenvalue weighted by Crippen LogP contribution is -2.11. The van der Waals surface area contributed by atoms with Gasteiger partial charge in [0.05, 0.1) is 17.3 Å². The topological polar surface area (TPSA) is 68.5 Å². The predicted molar refractivity (Wildman–Crippen MR) is 94.1 cm³/mol. The van der Waals surface area contributed by atoms with Gasteiger partial charge >= 0.3 is 0 Å². The van der Waals surface area contributed by atoms with Gasteiger partial charge in [0, 0.05) is 12.4 Å².